The topological polar surface area (TPSA) is 41.6 Å². The molecule has 1 atom stereocenters. The summed E-state index contributed by atoms with van der Waals surface area (Å²) in [5.74, 6) is 1.19. The molecule has 0 aromatic heterocycles. The van der Waals surface area contributed by atoms with E-state index >= 15 is 0 Å². The number of para-hydroxylation sites is 1. The maximum atomic E-state index is 12.3. The molecule has 0 saturated carbocycles. The van der Waals surface area contributed by atoms with Crippen LogP contribution in [0.5, 0.6) is 5.75 Å². The molecule has 1 unspecified atom stereocenters. The number of nitrogens with one attached hydrogen (secondary N) is 1. The second-order valence-corrected chi connectivity index (χ2v) is 7.04. The summed E-state index contributed by atoms with van der Waals surface area (Å²) in [6.45, 7) is 9.50. The van der Waals surface area contributed by atoms with E-state index < -0.39 is 0 Å². The average molecular weight is 304 g/mol. The summed E-state index contributed by atoms with van der Waals surface area (Å²) in [7, 11) is 0. The van der Waals surface area contributed by atoms with Gasteiger partial charge in [-0.25, -0.2) is 0 Å². The number of hydrogen-bond acceptors (Lipinski definition) is 3. The zero-order chi connectivity index (χ0) is 16.0. The van der Waals surface area contributed by atoms with Crippen molar-refractivity contribution in [2.75, 3.05) is 26.2 Å². The first-order chi connectivity index (χ1) is 10.4. The summed E-state index contributed by atoms with van der Waals surface area (Å²) in [5.41, 5.74) is -0.157. The van der Waals surface area contributed by atoms with Crippen LogP contribution in [0, 0.1) is 5.92 Å². The van der Waals surface area contributed by atoms with Crippen molar-refractivity contribution in [2.24, 2.45) is 5.92 Å². The van der Waals surface area contributed by atoms with Gasteiger partial charge in [-0.15, -0.1) is 0 Å². The number of carbonyl (C=O) groups excluding carboxylic acids is 1. The molecule has 4 heteroatoms. The fourth-order valence-electron chi connectivity index (χ4n) is 2.75. The minimum atomic E-state index is -0.157. The first-order valence-corrected chi connectivity index (χ1v) is 8.16. The zero-order valence-corrected chi connectivity index (χ0v) is 14.0. The molecule has 1 heterocycles. The SMILES string of the molecule is CC(C)(C)NC(=O)C1CCCN(CCOc2ccccc2)C1. The lowest BCUT2D eigenvalue weighted by atomic mass is 9.95. The number of nitrogens with zero attached hydrogens (tertiary/aromatic N) is 1. The van der Waals surface area contributed by atoms with E-state index in [1.165, 1.54) is 0 Å². The number of rotatable bonds is 5. The molecule has 1 N–H and O–H groups in total. The predicted molar refractivity (Wildman–Crippen MR) is 89.0 cm³/mol. The van der Waals surface area contributed by atoms with Crippen molar-refractivity contribution in [2.45, 2.75) is 39.2 Å². The molecule has 1 aromatic rings. The molecule has 122 valence electrons. The van der Waals surface area contributed by atoms with Crippen LogP contribution in [0.3, 0.4) is 0 Å². The third-order valence-corrected chi connectivity index (χ3v) is 3.79. The number of carbonyl (C=O) groups is 1. The van der Waals surface area contributed by atoms with Gasteiger partial charge in [-0.05, 0) is 52.3 Å². The molecule has 1 saturated heterocycles. The van der Waals surface area contributed by atoms with Crippen LogP contribution in [0.1, 0.15) is 33.6 Å². The number of amides is 1. The van der Waals surface area contributed by atoms with Crippen LogP contribution in [-0.4, -0.2) is 42.6 Å². The largest absolute Gasteiger partial charge is 0.492 e. The summed E-state index contributed by atoms with van der Waals surface area (Å²) < 4.78 is 5.74. The van der Waals surface area contributed by atoms with Crippen LogP contribution in [0.15, 0.2) is 30.3 Å². The maximum Gasteiger partial charge on any atom is 0.224 e. The summed E-state index contributed by atoms with van der Waals surface area (Å²) in [4.78, 5) is 14.6. The smallest absolute Gasteiger partial charge is 0.224 e. The highest BCUT2D eigenvalue weighted by Crippen LogP contribution is 2.18. The third-order valence-electron chi connectivity index (χ3n) is 3.79. The van der Waals surface area contributed by atoms with Crippen molar-refractivity contribution in [3.63, 3.8) is 0 Å². The monoisotopic (exact) mass is 304 g/mol. The summed E-state index contributed by atoms with van der Waals surface area (Å²) >= 11 is 0. The number of likely N-dealkylation sites (tertiary alicyclic amines) is 1. The van der Waals surface area contributed by atoms with Crippen LogP contribution in [0.4, 0.5) is 0 Å². The first kappa shape index (κ1) is 16.8. The third kappa shape index (κ3) is 5.68. The highest BCUT2D eigenvalue weighted by molar-refractivity contribution is 5.79. The van der Waals surface area contributed by atoms with E-state index in [4.69, 9.17) is 4.74 Å². The van der Waals surface area contributed by atoms with Gasteiger partial charge in [0.15, 0.2) is 0 Å². The van der Waals surface area contributed by atoms with Gasteiger partial charge in [0.05, 0.1) is 5.92 Å². The van der Waals surface area contributed by atoms with Crippen molar-refractivity contribution in [1.29, 1.82) is 0 Å². The molecule has 1 aliphatic heterocycles. The van der Waals surface area contributed by atoms with Crippen molar-refractivity contribution in [3.8, 4) is 5.75 Å². The van der Waals surface area contributed by atoms with Gasteiger partial charge in [-0.3, -0.25) is 9.69 Å². The predicted octanol–water partition coefficient (Wildman–Crippen LogP) is 2.69. The van der Waals surface area contributed by atoms with Gasteiger partial charge in [0.25, 0.3) is 0 Å². The lowest BCUT2D eigenvalue weighted by Gasteiger charge is -2.33. The van der Waals surface area contributed by atoms with Gasteiger partial charge in [0, 0.05) is 18.6 Å². The van der Waals surface area contributed by atoms with E-state index in [0.717, 1.165) is 38.2 Å². The quantitative estimate of drug-likeness (QED) is 0.909. The first-order valence-electron chi connectivity index (χ1n) is 8.16. The highest BCUT2D eigenvalue weighted by Gasteiger charge is 2.27. The number of ether oxygens (including phenoxy) is 1. The molecular weight excluding hydrogens is 276 g/mol. The van der Waals surface area contributed by atoms with E-state index in [-0.39, 0.29) is 17.4 Å². The highest BCUT2D eigenvalue weighted by atomic mass is 16.5. The molecule has 4 nitrogen and oxygen atoms in total. The van der Waals surface area contributed by atoms with Gasteiger partial charge in [0.2, 0.25) is 5.91 Å². The normalized spacial score (nSPS) is 19.7. The molecule has 0 spiro atoms. The van der Waals surface area contributed by atoms with Crippen LogP contribution < -0.4 is 10.1 Å². The van der Waals surface area contributed by atoms with E-state index in [1.54, 1.807) is 0 Å². The Morgan fingerprint density at radius 1 is 1.32 bits per heavy atom. The molecule has 22 heavy (non-hydrogen) atoms. The minimum Gasteiger partial charge on any atom is -0.492 e. The molecule has 0 bridgehead atoms. The van der Waals surface area contributed by atoms with Gasteiger partial charge < -0.3 is 10.1 Å². The lowest BCUT2D eigenvalue weighted by Crippen LogP contribution is -2.49. The van der Waals surface area contributed by atoms with E-state index in [2.05, 4.69) is 10.2 Å². The summed E-state index contributed by atoms with van der Waals surface area (Å²) in [6, 6.07) is 9.87. The van der Waals surface area contributed by atoms with Crippen molar-refractivity contribution < 1.29 is 9.53 Å². The Balaban J connectivity index is 1.75. The van der Waals surface area contributed by atoms with E-state index in [0.29, 0.717) is 6.61 Å². The van der Waals surface area contributed by atoms with Gasteiger partial charge in [0.1, 0.15) is 12.4 Å². The summed E-state index contributed by atoms with van der Waals surface area (Å²) in [5, 5.41) is 3.09. The molecule has 0 aliphatic carbocycles. The number of piperidine rings is 1. The van der Waals surface area contributed by atoms with Crippen LogP contribution >= 0.6 is 0 Å². The molecule has 1 amide bonds. The standard InChI is InChI=1S/C18H28N2O2/c1-18(2,3)19-17(21)15-8-7-11-20(14-15)12-13-22-16-9-5-4-6-10-16/h4-6,9-10,15H,7-8,11-14H2,1-3H3,(H,19,21). The molecular formula is C18H28N2O2. The Labute approximate surface area is 133 Å². The van der Waals surface area contributed by atoms with E-state index in [9.17, 15) is 4.79 Å². The molecule has 2 rings (SSSR count). The van der Waals surface area contributed by atoms with Crippen molar-refractivity contribution in [1.82, 2.24) is 10.2 Å². The number of hydrogen-bond donors (Lipinski definition) is 1. The van der Waals surface area contributed by atoms with Crippen molar-refractivity contribution >= 4 is 5.91 Å². The van der Waals surface area contributed by atoms with Gasteiger partial charge in [-0.2, -0.15) is 0 Å². The molecule has 1 aromatic carbocycles. The average Bonchev–Trinajstić information content (AvgIpc) is 2.47. The fourth-order valence-corrected chi connectivity index (χ4v) is 2.75. The second-order valence-electron chi connectivity index (χ2n) is 7.04. The number of benzene rings is 1. The Morgan fingerprint density at radius 2 is 2.05 bits per heavy atom. The molecule has 1 fully saturated rings. The summed E-state index contributed by atoms with van der Waals surface area (Å²) in [6.07, 6.45) is 2.06. The maximum absolute atomic E-state index is 12.3. The van der Waals surface area contributed by atoms with E-state index in [1.807, 2.05) is 51.1 Å². The van der Waals surface area contributed by atoms with Crippen molar-refractivity contribution in [3.05, 3.63) is 30.3 Å². The minimum absolute atomic E-state index is 0.102. The van der Waals surface area contributed by atoms with Crippen LogP contribution in [-0.2, 0) is 4.79 Å². The zero-order valence-electron chi connectivity index (χ0n) is 14.0. The Hall–Kier alpha value is -1.55. The second kappa shape index (κ2) is 7.63. The fraction of sp³-hybridized carbons (Fsp3) is 0.611. The molecule has 1 aliphatic rings. The van der Waals surface area contributed by atoms with Gasteiger partial charge in [-0.1, -0.05) is 18.2 Å². The van der Waals surface area contributed by atoms with Gasteiger partial charge >= 0.3 is 0 Å². The van der Waals surface area contributed by atoms with Crippen LogP contribution in [0.25, 0.3) is 0 Å². The lowest BCUT2D eigenvalue weighted by molar-refractivity contribution is -0.128. The Bertz CT molecular complexity index is 468. The molecule has 0 radical (unpaired) electrons. The Morgan fingerprint density at radius 3 is 2.73 bits per heavy atom. The van der Waals surface area contributed by atoms with Crippen LogP contribution in [0.2, 0.25) is 0 Å². The Kier molecular flexibility index (Phi) is 5.83.